The van der Waals surface area contributed by atoms with Gasteiger partial charge in [0, 0.05) is 12.1 Å². The summed E-state index contributed by atoms with van der Waals surface area (Å²) in [5.74, 6) is -3.62. The monoisotopic (exact) mass is 250 g/mol. The molecule has 0 saturated heterocycles. The van der Waals surface area contributed by atoms with E-state index in [4.69, 9.17) is 5.26 Å². The number of nitrogens with one attached hydrogen (secondary N) is 1. The van der Waals surface area contributed by atoms with E-state index in [0.717, 1.165) is 6.07 Å². The molecule has 1 heterocycles. The topological polar surface area (TPSA) is 61.6 Å². The lowest BCUT2D eigenvalue weighted by molar-refractivity contribution is 0.498. The van der Waals surface area contributed by atoms with Crippen LogP contribution in [0.2, 0.25) is 0 Å². The van der Waals surface area contributed by atoms with Gasteiger partial charge in [-0.2, -0.15) is 10.4 Å². The summed E-state index contributed by atoms with van der Waals surface area (Å²) in [7, 11) is 0. The number of halogens is 3. The van der Waals surface area contributed by atoms with E-state index in [-0.39, 0.29) is 11.4 Å². The molecule has 1 aromatic carbocycles. The molecule has 90 valence electrons. The molecule has 0 saturated carbocycles. The number of aromatic nitrogens is 2. The van der Waals surface area contributed by atoms with Gasteiger partial charge in [-0.25, -0.2) is 13.2 Å². The number of hydrogen-bond acceptors (Lipinski definition) is 4. The van der Waals surface area contributed by atoms with Gasteiger partial charge in [-0.15, -0.1) is 5.10 Å². The van der Waals surface area contributed by atoms with E-state index in [2.05, 4.69) is 15.5 Å². The summed E-state index contributed by atoms with van der Waals surface area (Å²) in [6.07, 6.45) is 1.27. The third-order valence-electron chi connectivity index (χ3n) is 2.09. The molecule has 2 aromatic rings. The summed E-state index contributed by atoms with van der Waals surface area (Å²) < 4.78 is 39.3. The molecule has 0 aliphatic rings. The van der Waals surface area contributed by atoms with E-state index in [1.54, 1.807) is 6.07 Å². The first kappa shape index (κ1) is 11.9. The minimum Gasteiger partial charge on any atom is -0.335 e. The second-order valence-corrected chi connectivity index (χ2v) is 3.28. The first-order chi connectivity index (χ1) is 8.61. The Hall–Kier alpha value is -2.62. The maximum absolute atomic E-state index is 13.4. The largest absolute Gasteiger partial charge is 0.335 e. The van der Waals surface area contributed by atoms with E-state index in [1.807, 2.05) is 0 Å². The van der Waals surface area contributed by atoms with Crippen molar-refractivity contribution < 1.29 is 13.2 Å². The highest BCUT2D eigenvalue weighted by atomic mass is 19.2. The van der Waals surface area contributed by atoms with Crippen molar-refractivity contribution in [2.45, 2.75) is 0 Å². The Bertz CT molecular complexity index is 637. The van der Waals surface area contributed by atoms with Gasteiger partial charge in [-0.3, -0.25) is 0 Å². The summed E-state index contributed by atoms with van der Waals surface area (Å²) in [6, 6.07) is 4.30. The maximum atomic E-state index is 13.4. The fourth-order valence-corrected chi connectivity index (χ4v) is 1.29. The van der Waals surface area contributed by atoms with Gasteiger partial charge >= 0.3 is 0 Å². The molecule has 0 bridgehead atoms. The van der Waals surface area contributed by atoms with Gasteiger partial charge < -0.3 is 5.32 Å². The van der Waals surface area contributed by atoms with Crippen LogP contribution in [0.3, 0.4) is 0 Å². The van der Waals surface area contributed by atoms with Crippen molar-refractivity contribution in [2.75, 3.05) is 5.32 Å². The standard InChI is InChI=1S/C11H5F3N4/c12-7-3-8(13)10(14)9(4-7)17-11-6(5-15)1-2-16-18-11/h1-4H,(H,17,18). The molecule has 0 aliphatic heterocycles. The molecule has 2 rings (SSSR count). The molecule has 0 fully saturated rings. The highest BCUT2D eigenvalue weighted by Gasteiger charge is 2.13. The van der Waals surface area contributed by atoms with Gasteiger partial charge in [-0.05, 0) is 6.07 Å². The maximum Gasteiger partial charge on any atom is 0.182 e. The molecule has 0 atom stereocenters. The molecule has 1 N–H and O–H groups in total. The number of benzene rings is 1. The normalized spacial score (nSPS) is 9.89. The molecule has 0 amide bonds. The van der Waals surface area contributed by atoms with Gasteiger partial charge in [0.2, 0.25) is 0 Å². The molecule has 7 heteroatoms. The van der Waals surface area contributed by atoms with Crippen molar-refractivity contribution in [1.29, 1.82) is 5.26 Å². The van der Waals surface area contributed by atoms with Gasteiger partial charge in [0.25, 0.3) is 0 Å². The molecule has 0 unspecified atom stereocenters. The minimum absolute atomic E-state index is 0.0778. The Morgan fingerprint density at radius 3 is 2.72 bits per heavy atom. The summed E-state index contributed by atoms with van der Waals surface area (Å²) in [4.78, 5) is 0. The van der Waals surface area contributed by atoms with Crippen LogP contribution in [0.1, 0.15) is 5.56 Å². The number of hydrogen-bond donors (Lipinski definition) is 1. The highest BCUT2D eigenvalue weighted by molar-refractivity contribution is 5.62. The van der Waals surface area contributed by atoms with Gasteiger partial charge in [0.05, 0.1) is 17.4 Å². The van der Waals surface area contributed by atoms with Crippen LogP contribution in [-0.2, 0) is 0 Å². The van der Waals surface area contributed by atoms with Crippen LogP contribution in [0.25, 0.3) is 0 Å². The molecule has 18 heavy (non-hydrogen) atoms. The Morgan fingerprint density at radius 1 is 1.22 bits per heavy atom. The van der Waals surface area contributed by atoms with Crippen LogP contribution in [-0.4, -0.2) is 10.2 Å². The van der Waals surface area contributed by atoms with Crippen molar-refractivity contribution >= 4 is 11.5 Å². The lowest BCUT2D eigenvalue weighted by atomic mass is 10.2. The number of nitriles is 1. The molecular formula is C11H5F3N4. The fourth-order valence-electron chi connectivity index (χ4n) is 1.29. The van der Waals surface area contributed by atoms with Crippen molar-refractivity contribution in [3.05, 3.63) is 47.4 Å². The third kappa shape index (κ3) is 2.22. The minimum atomic E-state index is -1.33. The number of rotatable bonds is 2. The molecule has 0 radical (unpaired) electrons. The second-order valence-electron chi connectivity index (χ2n) is 3.28. The van der Waals surface area contributed by atoms with Crippen LogP contribution in [0, 0.1) is 28.8 Å². The van der Waals surface area contributed by atoms with E-state index in [0.29, 0.717) is 6.07 Å². The van der Waals surface area contributed by atoms with Crippen molar-refractivity contribution in [3.8, 4) is 6.07 Å². The van der Waals surface area contributed by atoms with Gasteiger partial charge in [0.15, 0.2) is 17.5 Å². The van der Waals surface area contributed by atoms with Crippen LogP contribution in [0.4, 0.5) is 24.7 Å². The quantitative estimate of drug-likeness (QED) is 0.832. The predicted molar refractivity (Wildman–Crippen MR) is 56.3 cm³/mol. The summed E-state index contributed by atoms with van der Waals surface area (Å²) >= 11 is 0. The Morgan fingerprint density at radius 2 is 2.00 bits per heavy atom. The van der Waals surface area contributed by atoms with Crippen LogP contribution in [0.15, 0.2) is 24.4 Å². The van der Waals surface area contributed by atoms with Crippen LogP contribution >= 0.6 is 0 Å². The fraction of sp³-hybridized carbons (Fsp3) is 0. The second kappa shape index (κ2) is 4.71. The van der Waals surface area contributed by atoms with E-state index >= 15 is 0 Å². The third-order valence-corrected chi connectivity index (χ3v) is 2.09. The van der Waals surface area contributed by atoms with E-state index in [9.17, 15) is 13.2 Å². The zero-order chi connectivity index (χ0) is 13.1. The lowest BCUT2D eigenvalue weighted by Crippen LogP contribution is -2.02. The summed E-state index contributed by atoms with van der Waals surface area (Å²) in [6.45, 7) is 0. The Labute approximate surface area is 99.7 Å². The summed E-state index contributed by atoms with van der Waals surface area (Å²) in [5, 5.41) is 18.1. The first-order valence-corrected chi connectivity index (χ1v) is 4.75. The van der Waals surface area contributed by atoms with Crippen LogP contribution in [0.5, 0.6) is 0 Å². The van der Waals surface area contributed by atoms with Crippen molar-refractivity contribution in [1.82, 2.24) is 10.2 Å². The molecule has 0 aliphatic carbocycles. The molecule has 1 aromatic heterocycles. The predicted octanol–water partition coefficient (Wildman–Crippen LogP) is 2.51. The number of anilines is 2. The first-order valence-electron chi connectivity index (χ1n) is 4.75. The average Bonchev–Trinajstić information content (AvgIpc) is 2.36. The Balaban J connectivity index is 2.44. The van der Waals surface area contributed by atoms with E-state index < -0.39 is 23.1 Å². The van der Waals surface area contributed by atoms with E-state index in [1.165, 1.54) is 12.3 Å². The number of nitrogens with zero attached hydrogens (tertiary/aromatic N) is 3. The lowest BCUT2D eigenvalue weighted by Gasteiger charge is -2.07. The highest BCUT2D eigenvalue weighted by Crippen LogP contribution is 2.23. The van der Waals surface area contributed by atoms with Crippen molar-refractivity contribution in [3.63, 3.8) is 0 Å². The molecular weight excluding hydrogens is 245 g/mol. The van der Waals surface area contributed by atoms with Crippen LogP contribution < -0.4 is 5.32 Å². The smallest absolute Gasteiger partial charge is 0.182 e. The Kier molecular flexibility index (Phi) is 3.10. The SMILES string of the molecule is N#Cc1ccnnc1Nc1cc(F)cc(F)c1F. The zero-order valence-corrected chi connectivity index (χ0v) is 8.78. The van der Waals surface area contributed by atoms with Gasteiger partial charge in [0.1, 0.15) is 11.9 Å². The van der Waals surface area contributed by atoms with Crippen molar-refractivity contribution in [2.24, 2.45) is 0 Å². The molecule has 4 nitrogen and oxygen atoms in total. The molecule has 0 spiro atoms. The zero-order valence-electron chi connectivity index (χ0n) is 8.78. The van der Waals surface area contributed by atoms with Gasteiger partial charge in [-0.1, -0.05) is 0 Å². The summed E-state index contributed by atoms with van der Waals surface area (Å²) in [5.41, 5.74) is -0.376. The average molecular weight is 250 g/mol.